The minimum Gasteiger partial charge on any atom is -0.336 e. The summed E-state index contributed by atoms with van der Waals surface area (Å²) in [5.41, 5.74) is -0.638. The van der Waals surface area contributed by atoms with Crippen molar-refractivity contribution < 1.29 is 8.42 Å². The summed E-state index contributed by atoms with van der Waals surface area (Å²) in [6.07, 6.45) is 5.00. The van der Waals surface area contributed by atoms with Crippen molar-refractivity contribution in [1.29, 1.82) is 0 Å². The first-order valence-electron chi connectivity index (χ1n) is 3.98. The van der Waals surface area contributed by atoms with Gasteiger partial charge in [0.15, 0.2) is 0 Å². The van der Waals surface area contributed by atoms with E-state index >= 15 is 0 Å². The molecule has 0 aliphatic rings. The number of nitrogens with one attached hydrogen (secondary N) is 1. The predicted molar refractivity (Wildman–Crippen MR) is 54.2 cm³/mol. The van der Waals surface area contributed by atoms with Gasteiger partial charge in [-0.3, -0.25) is 0 Å². The van der Waals surface area contributed by atoms with E-state index in [0.29, 0.717) is 6.54 Å². The van der Waals surface area contributed by atoms with Crippen LogP contribution in [0.5, 0.6) is 0 Å². The van der Waals surface area contributed by atoms with Gasteiger partial charge in [-0.15, -0.1) is 0 Å². The Morgan fingerprint density at radius 2 is 2.21 bits per heavy atom. The van der Waals surface area contributed by atoms with Gasteiger partial charge in [-0.1, -0.05) is 0 Å². The molecule has 0 fully saturated rings. The second-order valence-corrected chi connectivity index (χ2v) is 5.96. The van der Waals surface area contributed by atoms with Gasteiger partial charge in [0.25, 0.3) is 9.24 Å². The Labute approximate surface area is 87.6 Å². The van der Waals surface area contributed by atoms with Gasteiger partial charge < -0.3 is 4.57 Å². The Kier molecular flexibility index (Phi) is 3.18. The Balaban J connectivity index is 2.67. The fourth-order valence-electron chi connectivity index (χ4n) is 1.20. The molecule has 80 valence electrons. The number of rotatable bonds is 4. The zero-order valence-electron chi connectivity index (χ0n) is 7.94. The molecule has 5 nitrogen and oxygen atoms in total. The second-order valence-electron chi connectivity index (χ2n) is 3.66. The molecule has 0 aliphatic heterocycles. The third-order valence-corrected chi connectivity index (χ3v) is 2.56. The number of halogens is 1. The van der Waals surface area contributed by atoms with Crippen molar-refractivity contribution in [2.75, 3.05) is 0 Å². The Hall–Kier alpha value is -0.590. The van der Waals surface area contributed by atoms with Crippen molar-refractivity contribution >= 4 is 19.9 Å². The molecule has 7 heteroatoms. The Bertz CT molecular complexity index is 385. The molecule has 0 unspecified atom stereocenters. The van der Waals surface area contributed by atoms with Crippen LogP contribution in [0.3, 0.4) is 0 Å². The molecule has 1 rings (SSSR count). The molecule has 0 amide bonds. The summed E-state index contributed by atoms with van der Waals surface area (Å²) in [5.74, 6) is 0. The molecule has 0 atom stereocenters. The monoisotopic (exact) mass is 237 g/mol. The predicted octanol–water partition coefficient (Wildman–Crippen LogP) is 0.735. The largest absolute Gasteiger partial charge is 0.336 e. The smallest absolute Gasteiger partial charge is 0.297 e. The van der Waals surface area contributed by atoms with Gasteiger partial charge in [0, 0.05) is 35.2 Å². The lowest BCUT2D eigenvalue weighted by atomic mass is 10.1. The number of nitrogens with zero attached hydrogens (tertiary/aromatic N) is 2. The lowest BCUT2D eigenvalue weighted by molar-refractivity contribution is 0.393. The van der Waals surface area contributed by atoms with Crippen molar-refractivity contribution in [2.24, 2.45) is 0 Å². The minimum absolute atomic E-state index is 0.471. The average molecular weight is 238 g/mol. The third-order valence-electron chi connectivity index (χ3n) is 1.54. The van der Waals surface area contributed by atoms with Crippen LogP contribution in [0.1, 0.15) is 13.8 Å². The van der Waals surface area contributed by atoms with Crippen LogP contribution in [0.25, 0.3) is 0 Å². The molecule has 0 aliphatic carbocycles. The third kappa shape index (κ3) is 4.08. The zero-order chi connectivity index (χ0) is 10.8. The first-order valence-corrected chi connectivity index (χ1v) is 6.29. The minimum atomic E-state index is -3.70. The van der Waals surface area contributed by atoms with Crippen LogP contribution >= 0.6 is 10.7 Å². The molecular formula is C7H12ClN3O2S. The fraction of sp³-hybridized carbons (Fsp3) is 0.571. The molecule has 0 radical (unpaired) electrons. The highest BCUT2D eigenvalue weighted by Crippen LogP contribution is 2.09. The van der Waals surface area contributed by atoms with Crippen LogP contribution in [-0.4, -0.2) is 23.5 Å². The molecule has 1 aromatic heterocycles. The normalized spacial score (nSPS) is 13.1. The van der Waals surface area contributed by atoms with Gasteiger partial charge >= 0.3 is 0 Å². The van der Waals surface area contributed by atoms with Crippen LogP contribution in [0.15, 0.2) is 18.7 Å². The molecule has 0 aromatic carbocycles. The second kappa shape index (κ2) is 3.88. The topological polar surface area (TPSA) is 64.0 Å². The Morgan fingerprint density at radius 1 is 1.57 bits per heavy atom. The van der Waals surface area contributed by atoms with Crippen LogP contribution in [0, 0.1) is 0 Å². The summed E-state index contributed by atoms with van der Waals surface area (Å²) in [7, 11) is 1.40. The quantitative estimate of drug-likeness (QED) is 0.786. The molecule has 14 heavy (non-hydrogen) atoms. The van der Waals surface area contributed by atoms with Gasteiger partial charge in [0.05, 0.1) is 6.33 Å². The lowest BCUT2D eigenvalue weighted by Crippen LogP contribution is -2.44. The van der Waals surface area contributed by atoms with Crippen molar-refractivity contribution in [3.05, 3.63) is 18.7 Å². The molecule has 1 heterocycles. The van der Waals surface area contributed by atoms with Crippen LogP contribution in [-0.2, 0) is 15.8 Å². The maximum atomic E-state index is 10.8. The van der Waals surface area contributed by atoms with E-state index in [4.69, 9.17) is 10.7 Å². The number of aromatic nitrogens is 2. The van der Waals surface area contributed by atoms with E-state index in [1.165, 1.54) is 0 Å². The molecule has 0 bridgehead atoms. The average Bonchev–Trinajstić information content (AvgIpc) is 2.31. The zero-order valence-corrected chi connectivity index (χ0v) is 9.51. The van der Waals surface area contributed by atoms with Crippen LogP contribution < -0.4 is 4.72 Å². The van der Waals surface area contributed by atoms with Gasteiger partial charge in [-0.2, -0.15) is 13.1 Å². The maximum absolute atomic E-state index is 10.8. The van der Waals surface area contributed by atoms with Gasteiger partial charge in [0.2, 0.25) is 0 Å². The summed E-state index contributed by atoms with van der Waals surface area (Å²) in [6.45, 7) is 3.96. The molecule has 0 spiro atoms. The summed E-state index contributed by atoms with van der Waals surface area (Å²) >= 11 is 0. The van der Waals surface area contributed by atoms with Crippen molar-refractivity contribution in [1.82, 2.24) is 14.3 Å². The lowest BCUT2D eigenvalue weighted by Gasteiger charge is -2.24. The van der Waals surface area contributed by atoms with E-state index in [-0.39, 0.29) is 0 Å². The summed E-state index contributed by atoms with van der Waals surface area (Å²) in [5, 5.41) is 0. The SMILES string of the molecule is CC(C)(Cn1ccnc1)NS(=O)(=O)Cl. The number of hydrogen-bond donors (Lipinski definition) is 1. The number of hydrogen-bond acceptors (Lipinski definition) is 3. The van der Waals surface area contributed by atoms with E-state index in [9.17, 15) is 8.42 Å². The van der Waals surface area contributed by atoms with Crippen LogP contribution in [0.4, 0.5) is 0 Å². The molecule has 0 saturated carbocycles. The summed E-state index contributed by atoms with van der Waals surface area (Å²) in [4.78, 5) is 3.86. The standard InChI is InChI=1S/C7H12ClN3O2S/c1-7(2,10-14(8,12)13)5-11-4-3-9-6-11/h3-4,6,10H,5H2,1-2H3. The molecule has 1 N–H and O–H groups in total. The fourth-order valence-corrected chi connectivity index (χ4v) is 2.55. The van der Waals surface area contributed by atoms with Crippen LogP contribution in [0.2, 0.25) is 0 Å². The highest BCUT2D eigenvalue weighted by atomic mass is 35.7. The first-order chi connectivity index (χ1) is 6.29. The first kappa shape index (κ1) is 11.5. The van der Waals surface area contributed by atoms with Gasteiger partial charge in [0.1, 0.15) is 0 Å². The van der Waals surface area contributed by atoms with E-state index in [1.807, 2.05) is 0 Å². The molecular weight excluding hydrogens is 226 g/mol. The van der Waals surface area contributed by atoms with Crippen molar-refractivity contribution in [2.45, 2.75) is 25.9 Å². The van der Waals surface area contributed by atoms with Crippen molar-refractivity contribution in [3.8, 4) is 0 Å². The van der Waals surface area contributed by atoms with Crippen molar-refractivity contribution in [3.63, 3.8) is 0 Å². The summed E-state index contributed by atoms with van der Waals surface area (Å²) in [6, 6.07) is 0. The Morgan fingerprint density at radius 3 is 2.64 bits per heavy atom. The highest BCUT2D eigenvalue weighted by Gasteiger charge is 2.23. The van der Waals surface area contributed by atoms with E-state index in [0.717, 1.165) is 0 Å². The van der Waals surface area contributed by atoms with Gasteiger partial charge in [-0.05, 0) is 13.8 Å². The molecule has 0 saturated heterocycles. The highest BCUT2D eigenvalue weighted by molar-refractivity contribution is 8.12. The van der Waals surface area contributed by atoms with E-state index in [1.54, 1.807) is 37.1 Å². The molecule has 1 aromatic rings. The maximum Gasteiger partial charge on any atom is 0.297 e. The number of imidazole rings is 1. The summed E-state index contributed by atoms with van der Waals surface area (Å²) < 4.78 is 25.7. The van der Waals surface area contributed by atoms with E-state index < -0.39 is 14.8 Å². The van der Waals surface area contributed by atoms with E-state index in [2.05, 4.69) is 9.71 Å². The van der Waals surface area contributed by atoms with Gasteiger partial charge in [-0.25, -0.2) is 4.98 Å².